The van der Waals surface area contributed by atoms with Crippen LogP contribution in [-0.2, 0) is 28.5 Å². The number of hydrogen-bond donors (Lipinski definition) is 3. The number of Topliss-reactive ketones (excluding diaryl/α,β-unsaturated/α-hetero) is 1. The van der Waals surface area contributed by atoms with Gasteiger partial charge in [-0.15, -0.1) is 0 Å². The lowest BCUT2D eigenvalue weighted by Crippen LogP contribution is -2.61. The maximum atomic E-state index is 12.6. The van der Waals surface area contributed by atoms with E-state index in [1.807, 2.05) is 13.8 Å². The minimum atomic E-state index is -2.33. The van der Waals surface area contributed by atoms with E-state index in [1.54, 1.807) is 0 Å². The average Bonchev–Trinajstić information content (AvgIpc) is 2.71. The average molecular weight is 532 g/mol. The van der Waals surface area contributed by atoms with E-state index in [4.69, 9.17) is 37.6 Å². The molecular formula is C22H28BCl2NO9. The van der Waals surface area contributed by atoms with Crippen molar-refractivity contribution in [2.45, 2.75) is 64.9 Å². The standard InChI is InChI=1S/C21H24BCl2NO9.CH4/c1-11(2)7-16(22-33-19(30)10-21(34-22,20(31)32)9-18(28)29)25-17(27)6-5-15(26)13-8-12(23)3-4-14(13)24;/h3-4,8,11,16H,5-7,9-10H2,1-2H3,(H,25,27)(H,28,29)(H,31,32);1H4/t16-,21?;/m0./s1. The number of carboxylic acid groups (broad SMARTS) is 2. The topological polar surface area (TPSA) is 156 Å². The molecule has 1 aromatic rings. The summed E-state index contributed by atoms with van der Waals surface area (Å²) in [5.74, 6) is -6.08. The molecule has 10 nitrogen and oxygen atoms in total. The first kappa shape index (κ1) is 30.4. The molecule has 1 amide bonds. The number of carbonyl (C=O) groups is 5. The number of carbonyl (C=O) groups excluding carboxylic acids is 3. The molecule has 0 aliphatic carbocycles. The summed E-state index contributed by atoms with van der Waals surface area (Å²) in [6, 6.07) is 4.39. The Kier molecular flexibility index (Phi) is 11.2. The van der Waals surface area contributed by atoms with Gasteiger partial charge in [0.05, 0.1) is 23.8 Å². The fourth-order valence-electron chi connectivity index (χ4n) is 3.50. The van der Waals surface area contributed by atoms with Crippen molar-refractivity contribution in [2.24, 2.45) is 5.92 Å². The van der Waals surface area contributed by atoms with Crippen LogP contribution in [0.2, 0.25) is 10.0 Å². The summed E-state index contributed by atoms with van der Waals surface area (Å²) < 4.78 is 10.6. The second-order valence-corrected chi connectivity index (χ2v) is 9.22. The Morgan fingerprint density at radius 3 is 2.40 bits per heavy atom. The highest BCUT2D eigenvalue weighted by molar-refractivity contribution is 6.50. The molecule has 2 rings (SSSR count). The molecule has 0 saturated carbocycles. The first-order chi connectivity index (χ1) is 15.8. The number of aliphatic carboxylic acids is 2. The minimum Gasteiger partial charge on any atom is -0.508 e. The Bertz CT molecular complexity index is 984. The summed E-state index contributed by atoms with van der Waals surface area (Å²) in [4.78, 5) is 60.2. The molecule has 1 fully saturated rings. The summed E-state index contributed by atoms with van der Waals surface area (Å²) in [6.07, 6.45) is -1.96. The monoisotopic (exact) mass is 531 g/mol. The van der Waals surface area contributed by atoms with Gasteiger partial charge < -0.3 is 24.8 Å². The van der Waals surface area contributed by atoms with Gasteiger partial charge in [0.2, 0.25) is 5.91 Å². The Morgan fingerprint density at radius 1 is 1.17 bits per heavy atom. The van der Waals surface area contributed by atoms with Gasteiger partial charge in [0, 0.05) is 23.4 Å². The third kappa shape index (κ3) is 8.52. The molecule has 0 spiro atoms. The van der Waals surface area contributed by atoms with E-state index in [-0.39, 0.29) is 43.2 Å². The Balaban J connectivity index is 0.00000612. The molecule has 35 heavy (non-hydrogen) atoms. The molecule has 192 valence electrons. The third-order valence-corrected chi connectivity index (χ3v) is 5.62. The lowest BCUT2D eigenvalue weighted by atomic mass is 9.70. The van der Waals surface area contributed by atoms with Crippen molar-refractivity contribution < 1.29 is 43.5 Å². The molecule has 3 N–H and O–H groups in total. The highest BCUT2D eigenvalue weighted by atomic mass is 35.5. The molecule has 0 radical (unpaired) electrons. The largest absolute Gasteiger partial charge is 0.552 e. The van der Waals surface area contributed by atoms with E-state index in [9.17, 15) is 29.1 Å². The number of nitrogens with one attached hydrogen (secondary N) is 1. The van der Waals surface area contributed by atoms with Gasteiger partial charge in [-0.05, 0) is 30.5 Å². The highest BCUT2D eigenvalue weighted by Gasteiger charge is 2.54. The fraction of sp³-hybridized carbons (Fsp3) is 0.500. The zero-order chi connectivity index (χ0) is 25.6. The molecule has 1 aliphatic rings. The molecule has 0 bridgehead atoms. The Morgan fingerprint density at radius 2 is 1.83 bits per heavy atom. The Hall–Kier alpha value is -2.63. The molecule has 1 aliphatic heterocycles. The number of amides is 1. The van der Waals surface area contributed by atoms with Crippen molar-refractivity contribution in [1.29, 1.82) is 0 Å². The molecule has 1 unspecified atom stereocenters. The minimum absolute atomic E-state index is 0. The number of rotatable bonds is 11. The molecular weight excluding hydrogens is 504 g/mol. The second-order valence-electron chi connectivity index (χ2n) is 8.37. The van der Waals surface area contributed by atoms with Crippen LogP contribution in [0.25, 0.3) is 0 Å². The van der Waals surface area contributed by atoms with E-state index in [2.05, 4.69) is 5.32 Å². The Labute approximate surface area is 213 Å². The lowest BCUT2D eigenvalue weighted by Gasteiger charge is -2.37. The van der Waals surface area contributed by atoms with E-state index >= 15 is 0 Å². The first-order valence-corrected chi connectivity index (χ1v) is 11.2. The maximum absolute atomic E-state index is 12.6. The summed E-state index contributed by atoms with van der Waals surface area (Å²) in [6.45, 7) is 3.63. The summed E-state index contributed by atoms with van der Waals surface area (Å²) >= 11 is 11.9. The normalized spacial score (nSPS) is 18.3. The zero-order valence-electron chi connectivity index (χ0n) is 18.5. The number of halogens is 2. The van der Waals surface area contributed by atoms with Crippen LogP contribution in [0.15, 0.2) is 18.2 Å². The quantitative estimate of drug-likeness (QED) is 0.287. The highest BCUT2D eigenvalue weighted by Crippen LogP contribution is 2.30. The predicted octanol–water partition coefficient (Wildman–Crippen LogP) is 3.41. The first-order valence-electron chi connectivity index (χ1n) is 10.4. The van der Waals surface area contributed by atoms with Crippen LogP contribution in [-0.4, -0.2) is 58.5 Å². The van der Waals surface area contributed by atoms with Crippen LogP contribution >= 0.6 is 23.2 Å². The van der Waals surface area contributed by atoms with Crippen LogP contribution in [0.3, 0.4) is 0 Å². The van der Waals surface area contributed by atoms with Gasteiger partial charge >= 0.3 is 19.1 Å². The van der Waals surface area contributed by atoms with E-state index in [0.29, 0.717) is 5.02 Å². The van der Waals surface area contributed by atoms with E-state index < -0.39 is 61.1 Å². The van der Waals surface area contributed by atoms with Crippen molar-refractivity contribution in [2.75, 3.05) is 0 Å². The molecule has 1 saturated heterocycles. The summed E-state index contributed by atoms with van der Waals surface area (Å²) in [5, 5.41) is 21.8. The van der Waals surface area contributed by atoms with Crippen molar-refractivity contribution in [3.63, 3.8) is 0 Å². The summed E-state index contributed by atoms with van der Waals surface area (Å²) in [7, 11) is -1.53. The molecule has 0 aromatic heterocycles. The van der Waals surface area contributed by atoms with Gasteiger partial charge in [-0.2, -0.15) is 0 Å². The van der Waals surface area contributed by atoms with Gasteiger partial charge in [0.15, 0.2) is 11.4 Å². The maximum Gasteiger partial charge on any atom is 0.552 e. The second kappa shape index (κ2) is 12.9. The van der Waals surface area contributed by atoms with Crippen LogP contribution in [0, 0.1) is 5.92 Å². The van der Waals surface area contributed by atoms with Crippen LogP contribution in [0.4, 0.5) is 0 Å². The summed E-state index contributed by atoms with van der Waals surface area (Å²) in [5.41, 5.74) is -2.16. The van der Waals surface area contributed by atoms with E-state index in [0.717, 1.165) is 0 Å². The van der Waals surface area contributed by atoms with Gasteiger partial charge in [0.25, 0.3) is 5.97 Å². The number of hydrogen-bond acceptors (Lipinski definition) is 7. The van der Waals surface area contributed by atoms with Crippen LogP contribution in [0.5, 0.6) is 0 Å². The third-order valence-electron chi connectivity index (χ3n) is 5.05. The van der Waals surface area contributed by atoms with Gasteiger partial charge in [-0.25, -0.2) is 4.79 Å². The molecule has 1 aromatic carbocycles. The zero-order valence-corrected chi connectivity index (χ0v) is 20.0. The van der Waals surface area contributed by atoms with Crippen molar-refractivity contribution in [1.82, 2.24) is 5.32 Å². The predicted molar refractivity (Wildman–Crippen MR) is 128 cm³/mol. The van der Waals surface area contributed by atoms with Crippen LogP contribution in [0.1, 0.15) is 63.7 Å². The van der Waals surface area contributed by atoms with Gasteiger partial charge in [-0.3, -0.25) is 19.2 Å². The molecule has 1 heterocycles. The van der Waals surface area contributed by atoms with Crippen molar-refractivity contribution >= 4 is 59.9 Å². The smallest absolute Gasteiger partial charge is 0.508 e. The number of ketones is 1. The van der Waals surface area contributed by atoms with Crippen molar-refractivity contribution in [3.05, 3.63) is 33.8 Å². The van der Waals surface area contributed by atoms with Gasteiger partial charge in [0.1, 0.15) is 0 Å². The molecule has 2 atom stereocenters. The van der Waals surface area contributed by atoms with E-state index in [1.165, 1.54) is 18.2 Å². The van der Waals surface area contributed by atoms with Crippen molar-refractivity contribution in [3.8, 4) is 0 Å². The molecule has 13 heteroatoms. The SMILES string of the molecule is C.CC(C)C[C@H](NC(=O)CCC(=O)c1cc(Cl)ccc1Cl)B1OC(=O)CC(CC(=O)O)(C(=O)O)O1. The fourth-order valence-corrected chi connectivity index (χ4v) is 3.90. The van der Waals surface area contributed by atoms with Crippen LogP contribution < -0.4 is 5.32 Å². The van der Waals surface area contributed by atoms with Gasteiger partial charge in [-0.1, -0.05) is 44.5 Å². The number of carboxylic acids is 2. The lowest BCUT2D eigenvalue weighted by molar-refractivity contribution is -0.175. The number of benzene rings is 1.